The average Bonchev–Trinajstić information content (AvgIpc) is 3.15. The number of ketones is 2. The molecule has 0 saturated carbocycles. The highest BCUT2D eigenvalue weighted by Crippen LogP contribution is 2.52. The second-order valence-corrected chi connectivity index (χ2v) is 9.36. The number of hydrogen-bond donors (Lipinski definition) is 6. The summed E-state index contributed by atoms with van der Waals surface area (Å²) in [6.45, 7) is 0. The Bertz CT molecular complexity index is 1460. The van der Waals surface area contributed by atoms with E-state index >= 15 is 0 Å². The number of hydrogen-bond acceptors (Lipinski definition) is 10. The van der Waals surface area contributed by atoms with Crippen molar-refractivity contribution < 1.29 is 34.1 Å². The number of rotatable bonds is 3. The number of aromatic amines is 1. The number of fused-ring (bicyclic) bond motifs is 5. The van der Waals surface area contributed by atoms with Crippen molar-refractivity contribution in [2.75, 3.05) is 26.0 Å². The van der Waals surface area contributed by atoms with Gasteiger partial charge < -0.3 is 35.7 Å². The molecule has 184 valence electrons. The van der Waals surface area contributed by atoms with Crippen LogP contribution < -0.4 is 21.7 Å². The monoisotopic (exact) mass is 484 g/mol. The van der Waals surface area contributed by atoms with Gasteiger partial charge in [0.15, 0.2) is 17.0 Å². The van der Waals surface area contributed by atoms with Crippen molar-refractivity contribution in [3.05, 3.63) is 50.4 Å². The summed E-state index contributed by atoms with van der Waals surface area (Å²) in [5.41, 5.74) is 3.16. The minimum absolute atomic E-state index is 0.00639. The average molecular weight is 484 g/mol. The minimum atomic E-state index is -2.67. The van der Waals surface area contributed by atoms with Gasteiger partial charge in [-0.05, 0) is 37.4 Å². The van der Waals surface area contributed by atoms with Gasteiger partial charge >= 0.3 is 5.76 Å². The van der Waals surface area contributed by atoms with Gasteiger partial charge in [0.05, 0.1) is 17.1 Å². The van der Waals surface area contributed by atoms with Crippen LogP contribution in [0.3, 0.4) is 0 Å². The van der Waals surface area contributed by atoms with Crippen molar-refractivity contribution in [3.63, 3.8) is 0 Å². The number of Topliss-reactive ketones (excluding diaryl/α,β-unsaturated/α-hetero) is 2. The molecule has 1 amide bonds. The molecule has 35 heavy (non-hydrogen) atoms. The van der Waals surface area contributed by atoms with Crippen molar-refractivity contribution in [1.29, 1.82) is 0 Å². The highest BCUT2D eigenvalue weighted by atomic mass is 16.4. The number of aliphatic hydroxyl groups is 3. The maximum atomic E-state index is 13.8. The Labute approximate surface area is 197 Å². The lowest BCUT2D eigenvalue weighted by Crippen LogP contribution is -2.63. The molecule has 3 aliphatic rings. The van der Waals surface area contributed by atoms with Crippen LogP contribution in [0.2, 0.25) is 0 Å². The summed E-state index contributed by atoms with van der Waals surface area (Å²) in [5, 5.41) is 36.2. The lowest BCUT2D eigenvalue weighted by molar-refractivity contribution is -0.146. The number of nitrogens with one attached hydrogen (secondary N) is 2. The first-order valence-electron chi connectivity index (χ1n) is 10.9. The number of H-pyrrole nitrogens is 1. The molecule has 1 unspecified atom stereocenters. The van der Waals surface area contributed by atoms with Crippen LogP contribution in [0, 0.1) is 11.8 Å². The van der Waals surface area contributed by atoms with E-state index in [0.29, 0.717) is 11.3 Å². The molecule has 12 nitrogen and oxygen atoms in total. The fourth-order valence-electron chi connectivity index (χ4n) is 5.87. The first kappa shape index (κ1) is 22.9. The van der Waals surface area contributed by atoms with Crippen LogP contribution in [-0.2, 0) is 16.0 Å². The molecule has 2 aromatic rings. The third-order valence-electron chi connectivity index (χ3n) is 7.38. The Kier molecular flexibility index (Phi) is 4.77. The molecule has 0 fully saturated rings. The maximum absolute atomic E-state index is 13.8. The first-order chi connectivity index (χ1) is 16.4. The summed E-state index contributed by atoms with van der Waals surface area (Å²) >= 11 is 0. The van der Waals surface area contributed by atoms with E-state index in [4.69, 9.17) is 10.2 Å². The topological polar surface area (TPSA) is 199 Å². The number of aromatic nitrogens is 1. The largest absolute Gasteiger partial charge is 0.510 e. The molecule has 5 rings (SSSR count). The molecule has 0 radical (unpaired) electrons. The van der Waals surface area contributed by atoms with E-state index in [-0.39, 0.29) is 35.1 Å². The van der Waals surface area contributed by atoms with Gasteiger partial charge in [-0.1, -0.05) is 0 Å². The zero-order valence-corrected chi connectivity index (χ0v) is 19.1. The second kappa shape index (κ2) is 7.30. The fourth-order valence-corrected chi connectivity index (χ4v) is 5.87. The normalized spacial score (nSPS) is 28.2. The van der Waals surface area contributed by atoms with Crippen LogP contribution in [0.25, 0.3) is 11.1 Å². The van der Waals surface area contributed by atoms with Crippen LogP contribution in [0.1, 0.15) is 22.3 Å². The summed E-state index contributed by atoms with van der Waals surface area (Å²) in [5.74, 6) is -7.26. The Morgan fingerprint density at radius 1 is 1.29 bits per heavy atom. The molecule has 0 spiro atoms. The van der Waals surface area contributed by atoms with E-state index in [9.17, 15) is 34.5 Å². The molecule has 4 atom stereocenters. The Hall–Kier alpha value is -3.90. The van der Waals surface area contributed by atoms with Gasteiger partial charge in [0.2, 0.25) is 5.78 Å². The number of anilines is 1. The zero-order valence-electron chi connectivity index (χ0n) is 19.1. The van der Waals surface area contributed by atoms with Crippen LogP contribution in [0.15, 0.2) is 37.9 Å². The van der Waals surface area contributed by atoms with E-state index < -0.39 is 63.8 Å². The third kappa shape index (κ3) is 2.80. The summed E-state index contributed by atoms with van der Waals surface area (Å²) < 4.78 is 5.24. The lowest BCUT2D eigenvalue weighted by Gasteiger charge is -2.48. The predicted octanol–water partition coefficient (Wildman–Crippen LogP) is -0.427. The SMILES string of the molecule is CNC1C(O)=C(C(N)=O)C(=O)[C@@]2(O)C(O)=C3C(=O)c4c(c(N(C)C)cc5[nH]c(=O)oc45)C[C@H]3C[C@@H]12. The number of primary amides is 1. The Morgan fingerprint density at radius 2 is 1.97 bits per heavy atom. The standard InChI is InChI=1S/C23H24N4O8/c1-25-15-9-5-7-4-8-11(27(2)3)6-10-18(35-22(33)26-10)13(8)16(28)12(7)19(30)23(9,34)20(31)14(17(15)29)21(24)32/h6-7,9,15,25,29-30,34H,4-5H2,1-3H3,(H2,24,32)(H,26,33)/t7-,9-,15?,23-/m0/s1. The number of nitrogens with zero attached hydrogens (tertiary/aromatic N) is 1. The highest BCUT2D eigenvalue weighted by Gasteiger charge is 2.62. The summed E-state index contributed by atoms with van der Waals surface area (Å²) in [6, 6.07) is 0.604. The molecule has 1 heterocycles. The number of oxazole rings is 1. The molecule has 0 saturated heterocycles. The van der Waals surface area contributed by atoms with Crippen molar-refractivity contribution in [3.8, 4) is 0 Å². The number of likely N-dealkylation sites (N-methyl/N-ethyl adjacent to an activating group) is 1. The quantitative estimate of drug-likeness (QED) is 0.311. The summed E-state index contributed by atoms with van der Waals surface area (Å²) in [6.07, 6.45) is 0.250. The number of allylic oxidation sites excluding steroid dienone is 1. The molecular weight excluding hydrogens is 460 g/mol. The summed E-state index contributed by atoms with van der Waals surface area (Å²) in [4.78, 5) is 55.2. The van der Waals surface area contributed by atoms with Crippen molar-refractivity contribution >= 4 is 34.3 Å². The molecule has 12 heteroatoms. The molecule has 1 aromatic heterocycles. The second-order valence-electron chi connectivity index (χ2n) is 9.36. The Balaban J connectivity index is 1.79. The third-order valence-corrected chi connectivity index (χ3v) is 7.38. The predicted molar refractivity (Wildman–Crippen MR) is 122 cm³/mol. The van der Waals surface area contributed by atoms with Crippen LogP contribution >= 0.6 is 0 Å². The number of amides is 1. The number of carbonyl (C=O) groups is 3. The first-order valence-corrected chi connectivity index (χ1v) is 10.9. The van der Waals surface area contributed by atoms with E-state index in [1.54, 1.807) is 25.1 Å². The van der Waals surface area contributed by atoms with Crippen molar-refractivity contribution in [2.24, 2.45) is 17.6 Å². The molecule has 7 N–H and O–H groups in total. The molecule has 1 aromatic carbocycles. The highest BCUT2D eigenvalue weighted by molar-refractivity contribution is 6.25. The lowest BCUT2D eigenvalue weighted by atomic mass is 9.58. The van der Waals surface area contributed by atoms with Crippen molar-refractivity contribution in [2.45, 2.75) is 24.5 Å². The van der Waals surface area contributed by atoms with Gasteiger partial charge in [-0.3, -0.25) is 19.4 Å². The number of nitrogens with two attached hydrogens (primary N) is 1. The van der Waals surface area contributed by atoms with Gasteiger partial charge in [-0.15, -0.1) is 0 Å². The fraction of sp³-hybridized carbons (Fsp3) is 0.391. The van der Waals surface area contributed by atoms with Gasteiger partial charge in [0, 0.05) is 31.3 Å². The van der Waals surface area contributed by atoms with E-state index in [1.165, 1.54) is 7.05 Å². The number of aliphatic hydroxyl groups excluding tert-OH is 2. The smallest absolute Gasteiger partial charge is 0.417 e. The molecular formula is C23H24N4O8. The van der Waals surface area contributed by atoms with Crippen LogP contribution in [0.4, 0.5) is 5.69 Å². The van der Waals surface area contributed by atoms with Gasteiger partial charge in [0.1, 0.15) is 17.1 Å². The van der Waals surface area contributed by atoms with E-state index in [2.05, 4.69) is 10.3 Å². The molecule has 0 aliphatic heterocycles. The number of benzene rings is 1. The van der Waals surface area contributed by atoms with Gasteiger partial charge in [0.25, 0.3) is 5.91 Å². The van der Waals surface area contributed by atoms with E-state index in [1.807, 2.05) is 0 Å². The maximum Gasteiger partial charge on any atom is 0.417 e. The minimum Gasteiger partial charge on any atom is -0.510 e. The molecule has 3 aliphatic carbocycles. The van der Waals surface area contributed by atoms with Gasteiger partial charge in [-0.2, -0.15) is 0 Å². The summed E-state index contributed by atoms with van der Waals surface area (Å²) in [7, 11) is 5.01. The molecule has 0 bridgehead atoms. The van der Waals surface area contributed by atoms with Crippen molar-refractivity contribution in [1.82, 2.24) is 10.3 Å². The van der Waals surface area contributed by atoms with Crippen LogP contribution in [-0.4, -0.2) is 70.6 Å². The Morgan fingerprint density at radius 3 is 2.57 bits per heavy atom. The van der Waals surface area contributed by atoms with Crippen LogP contribution in [0.5, 0.6) is 0 Å². The van der Waals surface area contributed by atoms with Gasteiger partial charge in [-0.25, -0.2) is 4.79 Å². The van der Waals surface area contributed by atoms with E-state index in [0.717, 1.165) is 0 Å². The number of carbonyl (C=O) groups excluding carboxylic acids is 3. The zero-order chi connectivity index (χ0) is 25.6.